The first-order valence-electron chi connectivity index (χ1n) is 8.97. The summed E-state index contributed by atoms with van der Waals surface area (Å²) in [6.45, 7) is 4.60. The molecule has 0 unspecified atom stereocenters. The Morgan fingerprint density at radius 2 is 1.88 bits per heavy atom. The molecule has 0 saturated carbocycles. The fraction of sp³-hybridized carbons (Fsp3) is 0.579. The Balaban J connectivity index is 1.59. The third kappa shape index (κ3) is 3.95. The number of amides is 2. The van der Waals surface area contributed by atoms with E-state index in [0.29, 0.717) is 13.2 Å². The maximum Gasteiger partial charge on any atom is 0.228 e. The SMILES string of the molecule is CCOC1CCN(C(=O)[C@H]2CC(=O)N(c3ccc(OC)cc3)C2)CC1. The van der Waals surface area contributed by atoms with Crippen molar-refractivity contribution in [1.82, 2.24) is 4.90 Å². The molecule has 1 aromatic rings. The zero-order valence-electron chi connectivity index (χ0n) is 14.9. The van der Waals surface area contributed by atoms with Gasteiger partial charge in [0, 0.05) is 38.3 Å². The van der Waals surface area contributed by atoms with Crippen molar-refractivity contribution in [3.63, 3.8) is 0 Å². The van der Waals surface area contributed by atoms with Crippen molar-refractivity contribution < 1.29 is 19.1 Å². The number of likely N-dealkylation sites (tertiary alicyclic amines) is 1. The van der Waals surface area contributed by atoms with E-state index >= 15 is 0 Å². The third-order valence-corrected chi connectivity index (χ3v) is 5.01. The first kappa shape index (κ1) is 17.7. The quantitative estimate of drug-likeness (QED) is 0.819. The largest absolute Gasteiger partial charge is 0.497 e. The maximum atomic E-state index is 12.8. The molecule has 2 aliphatic heterocycles. The predicted molar refractivity (Wildman–Crippen MR) is 94.7 cm³/mol. The van der Waals surface area contributed by atoms with E-state index in [1.165, 1.54) is 0 Å². The molecule has 2 aliphatic rings. The standard InChI is InChI=1S/C19H26N2O4/c1-3-25-17-8-10-20(11-9-17)19(23)14-12-18(22)21(13-14)15-4-6-16(24-2)7-5-15/h4-7,14,17H,3,8-13H2,1-2H3/t14-/m0/s1. The first-order chi connectivity index (χ1) is 12.1. The van der Waals surface area contributed by atoms with Gasteiger partial charge in [0.1, 0.15) is 5.75 Å². The van der Waals surface area contributed by atoms with Crippen LogP contribution in [0, 0.1) is 5.92 Å². The van der Waals surface area contributed by atoms with Crippen molar-refractivity contribution in [2.45, 2.75) is 32.3 Å². The summed E-state index contributed by atoms with van der Waals surface area (Å²) < 4.78 is 10.8. The third-order valence-electron chi connectivity index (χ3n) is 5.01. The van der Waals surface area contributed by atoms with Gasteiger partial charge in [-0.1, -0.05) is 0 Å². The zero-order valence-corrected chi connectivity index (χ0v) is 14.9. The molecule has 2 fully saturated rings. The molecule has 2 amide bonds. The van der Waals surface area contributed by atoms with Gasteiger partial charge in [-0.05, 0) is 44.0 Å². The fourth-order valence-electron chi connectivity index (χ4n) is 3.62. The summed E-state index contributed by atoms with van der Waals surface area (Å²) in [5.74, 6) is 0.602. The van der Waals surface area contributed by atoms with E-state index < -0.39 is 0 Å². The van der Waals surface area contributed by atoms with E-state index in [1.54, 1.807) is 12.0 Å². The van der Waals surface area contributed by atoms with Crippen LogP contribution in [0.25, 0.3) is 0 Å². The molecule has 0 radical (unpaired) electrons. The number of ether oxygens (including phenoxy) is 2. The van der Waals surface area contributed by atoms with Gasteiger partial charge in [-0.3, -0.25) is 9.59 Å². The Labute approximate surface area is 148 Å². The number of anilines is 1. The van der Waals surface area contributed by atoms with Crippen LogP contribution >= 0.6 is 0 Å². The molecule has 1 atom stereocenters. The van der Waals surface area contributed by atoms with Gasteiger partial charge in [0.2, 0.25) is 11.8 Å². The minimum absolute atomic E-state index is 0.00715. The fourth-order valence-corrected chi connectivity index (χ4v) is 3.62. The second-order valence-electron chi connectivity index (χ2n) is 6.58. The smallest absolute Gasteiger partial charge is 0.228 e. The van der Waals surface area contributed by atoms with Gasteiger partial charge in [-0.2, -0.15) is 0 Å². The Kier molecular flexibility index (Phi) is 5.58. The molecule has 0 aliphatic carbocycles. The summed E-state index contributed by atoms with van der Waals surface area (Å²) >= 11 is 0. The Hall–Kier alpha value is -2.08. The average Bonchev–Trinajstić information content (AvgIpc) is 3.04. The number of benzene rings is 1. The minimum Gasteiger partial charge on any atom is -0.497 e. The van der Waals surface area contributed by atoms with Crippen LogP contribution in [0.3, 0.4) is 0 Å². The lowest BCUT2D eigenvalue weighted by Crippen LogP contribution is -2.44. The van der Waals surface area contributed by atoms with E-state index in [9.17, 15) is 9.59 Å². The lowest BCUT2D eigenvalue weighted by Gasteiger charge is -2.33. The molecule has 1 aromatic carbocycles. The highest BCUT2D eigenvalue weighted by molar-refractivity contribution is 6.00. The van der Waals surface area contributed by atoms with Crippen molar-refractivity contribution in [1.29, 1.82) is 0 Å². The lowest BCUT2D eigenvalue weighted by molar-refractivity contribution is -0.138. The number of hydrogen-bond donors (Lipinski definition) is 0. The average molecular weight is 346 g/mol. The summed E-state index contributed by atoms with van der Waals surface area (Å²) in [6, 6.07) is 7.38. The van der Waals surface area contributed by atoms with E-state index in [-0.39, 0.29) is 30.3 Å². The maximum absolute atomic E-state index is 12.8. The number of hydrogen-bond acceptors (Lipinski definition) is 4. The van der Waals surface area contributed by atoms with Gasteiger partial charge in [0.25, 0.3) is 0 Å². The molecular formula is C19H26N2O4. The predicted octanol–water partition coefficient (Wildman–Crippen LogP) is 2.08. The Morgan fingerprint density at radius 3 is 2.48 bits per heavy atom. The number of nitrogens with zero attached hydrogens (tertiary/aromatic N) is 2. The molecule has 3 rings (SSSR count). The molecule has 2 saturated heterocycles. The first-order valence-corrected chi connectivity index (χ1v) is 8.97. The lowest BCUT2D eigenvalue weighted by atomic mass is 10.0. The van der Waals surface area contributed by atoms with Crippen LogP contribution < -0.4 is 9.64 Å². The molecule has 0 spiro atoms. The molecule has 0 aromatic heterocycles. The highest BCUT2D eigenvalue weighted by Gasteiger charge is 2.38. The number of carbonyl (C=O) groups excluding carboxylic acids is 2. The monoisotopic (exact) mass is 346 g/mol. The van der Waals surface area contributed by atoms with Gasteiger partial charge in [0.05, 0.1) is 19.1 Å². The zero-order chi connectivity index (χ0) is 17.8. The van der Waals surface area contributed by atoms with Crippen molar-refractivity contribution >= 4 is 17.5 Å². The number of carbonyl (C=O) groups is 2. The van der Waals surface area contributed by atoms with E-state index in [1.807, 2.05) is 36.1 Å². The van der Waals surface area contributed by atoms with Crippen molar-refractivity contribution in [3.8, 4) is 5.75 Å². The molecule has 2 heterocycles. The summed E-state index contributed by atoms with van der Waals surface area (Å²) in [6.07, 6.45) is 2.30. The summed E-state index contributed by atoms with van der Waals surface area (Å²) in [7, 11) is 1.61. The highest BCUT2D eigenvalue weighted by Crippen LogP contribution is 2.28. The molecule has 25 heavy (non-hydrogen) atoms. The van der Waals surface area contributed by atoms with Gasteiger partial charge in [0.15, 0.2) is 0 Å². The van der Waals surface area contributed by atoms with Crippen molar-refractivity contribution in [2.75, 3.05) is 38.3 Å². The topological polar surface area (TPSA) is 59.1 Å². The summed E-state index contributed by atoms with van der Waals surface area (Å²) in [4.78, 5) is 28.7. The summed E-state index contributed by atoms with van der Waals surface area (Å²) in [5, 5.41) is 0. The van der Waals surface area contributed by atoms with Gasteiger partial charge in [-0.15, -0.1) is 0 Å². The van der Waals surface area contributed by atoms with Crippen LogP contribution in [-0.2, 0) is 14.3 Å². The van der Waals surface area contributed by atoms with Crippen LogP contribution in [0.4, 0.5) is 5.69 Å². The minimum atomic E-state index is -0.252. The summed E-state index contributed by atoms with van der Waals surface area (Å²) in [5.41, 5.74) is 0.816. The van der Waals surface area contributed by atoms with Crippen LogP contribution in [0.5, 0.6) is 5.75 Å². The number of rotatable bonds is 5. The molecular weight excluding hydrogens is 320 g/mol. The van der Waals surface area contributed by atoms with E-state index in [0.717, 1.165) is 37.4 Å². The molecule has 0 N–H and O–H groups in total. The van der Waals surface area contributed by atoms with Crippen LogP contribution in [0.15, 0.2) is 24.3 Å². The van der Waals surface area contributed by atoms with Crippen LogP contribution in [0.1, 0.15) is 26.2 Å². The molecule has 136 valence electrons. The highest BCUT2D eigenvalue weighted by atomic mass is 16.5. The van der Waals surface area contributed by atoms with Gasteiger partial charge in [-0.25, -0.2) is 0 Å². The molecule has 0 bridgehead atoms. The second kappa shape index (κ2) is 7.87. The van der Waals surface area contributed by atoms with Gasteiger partial charge < -0.3 is 19.3 Å². The Bertz CT molecular complexity index is 608. The Morgan fingerprint density at radius 1 is 1.20 bits per heavy atom. The molecule has 6 heteroatoms. The van der Waals surface area contributed by atoms with Gasteiger partial charge >= 0.3 is 0 Å². The molecule has 6 nitrogen and oxygen atoms in total. The van der Waals surface area contributed by atoms with E-state index in [2.05, 4.69) is 0 Å². The van der Waals surface area contributed by atoms with E-state index in [4.69, 9.17) is 9.47 Å². The van der Waals surface area contributed by atoms with Crippen LogP contribution in [-0.4, -0.2) is 56.2 Å². The van der Waals surface area contributed by atoms with Crippen LogP contribution in [0.2, 0.25) is 0 Å². The van der Waals surface area contributed by atoms with Crippen molar-refractivity contribution in [2.24, 2.45) is 5.92 Å². The second-order valence-corrected chi connectivity index (χ2v) is 6.58. The normalized spacial score (nSPS) is 21.7. The number of methoxy groups -OCH3 is 1. The number of piperidine rings is 1. The van der Waals surface area contributed by atoms with Crippen molar-refractivity contribution in [3.05, 3.63) is 24.3 Å².